The molecule has 1 aromatic heterocycles. The molecule has 0 radical (unpaired) electrons. The lowest BCUT2D eigenvalue weighted by atomic mass is 9.94. The largest absolute Gasteiger partial charge is 0.496 e. The monoisotopic (exact) mass is 325 g/mol. The van der Waals surface area contributed by atoms with Crippen molar-refractivity contribution in [1.29, 1.82) is 0 Å². The van der Waals surface area contributed by atoms with E-state index in [1.165, 1.54) is 25.9 Å². The molecule has 5 nitrogen and oxygen atoms in total. The van der Waals surface area contributed by atoms with Crippen LogP contribution in [0.1, 0.15) is 29.8 Å². The normalized spacial score (nSPS) is 26.1. The summed E-state index contributed by atoms with van der Waals surface area (Å²) in [6.07, 6.45) is 5.35. The van der Waals surface area contributed by atoms with Gasteiger partial charge in [0.15, 0.2) is 0 Å². The molecule has 1 N–H and O–H groups in total. The van der Waals surface area contributed by atoms with Gasteiger partial charge in [-0.05, 0) is 50.4 Å². The SMILES string of the molecule is COc1cccc2cnc(C(=O)NC3CC4CCN(CC4)C3)cc12. The number of hydrogen-bond acceptors (Lipinski definition) is 4. The molecule has 2 aromatic rings. The summed E-state index contributed by atoms with van der Waals surface area (Å²) in [7, 11) is 1.64. The van der Waals surface area contributed by atoms with Crippen molar-refractivity contribution in [2.24, 2.45) is 5.92 Å². The van der Waals surface area contributed by atoms with Crippen LogP contribution in [0.15, 0.2) is 30.5 Å². The molecular weight excluding hydrogens is 302 g/mol. The molecule has 1 unspecified atom stereocenters. The van der Waals surface area contributed by atoms with Gasteiger partial charge in [0.1, 0.15) is 11.4 Å². The topological polar surface area (TPSA) is 54.5 Å². The maximum absolute atomic E-state index is 12.7. The van der Waals surface area contributed by atoms with Crippen LogP contribution in [0.25, 0.3) is 10.8 Å². The fourth-order valence-electron chi connectivity index (χ4n) is 4.00. The zero-order chi connectivity index (χ0) is 16.5. The molecule has 0 spiro atoms. The molecule has 0 aliphatic carbocycles. The number of piperidine rings is 1. The summed E-state index contributed by atoms with van der Waals surface area (Å²) in [5, 5.41) is 5.09. The first-order valence-corrected chi connectivity index (χ1v) is 8.69. The van der Waals surface area contributed by atoms with Gasteiger partial charge in [0, 0.05) is 29.6 Å². The molecule has 0 saturated carbocycles. The number of nitrogens with one attached hydrogen (secondary N) is 1. The summed E-state index contributed by atoms with van der Waals surface area (Å²) in [6.45, 7) is 3.30. The number of amides is 1. The van der Waals surface area contributed by atoms with Crippen LogP contribution < -0.4 is 10.1 Å². The van der Waals surface area contributed by atoms with Gasteiger partial charge in [0.2, 0.25) is 0 Å². The first-order chi connectivity index (χ1) is 11.7. The molecule has 3 aliphatic heterocycles. The number of pyridine rings is 1. The summed E-state index contributed by atoms with van der Waals surface area (Å²) in [5.41, 5.74) is 0.457. The van der Waals surface area contributed by atoms with Crippen molar-refractivity contribution in [3.63, 3.8) is 0 Å². The number of hydrogen-bond donors (Lipinski definition) is 1. The van der Waals surface area contributed by atoms with Gasteiger partial charge in [-0.1, -0.05) is 12.1 Å². The second-order valence-corrected chi connectivity index (χ2v) is 6.90. The van der Waals surface area contributed by atoms with Gasteiger partial charge in [0.05, 0.1) is 7.11 Å². The minimum Gasteiger partial charge on any atom is -0.496 e. The lowest BCUT2D eigenvalue weighted by Crippen LogP contribution is -2.42. The maximum atomic E-state index is 12.7. The van der Waals surface area contributed by atoms with E-state index in [4.69, 9.17) is 4.74 Å². The number of benzene rings is 1. The molecule has 2 bridgehead atoms. The first kappa shape index (κ1) is 15.4. The van der Waals surface area contributed by atoms with Crippen LogP contribution in [0.5, 0.6) is 5.75 Å². The number of nitrogens with zero attached hydrogens (tertiary/aromatic N) is 2. The van der Waals surface area contributed by atoms with Crippen LogP contribution in [-0.4, -0.2) is 48.6 Å². The fraction of sp³-hybridized carbons (Fsp3) is 0.474. The highest BCUT2D eigenvalue weighted by Gasteiger charge is 2.30. The zero-order valence-corrected chi connectivity index (χ0v) is 14.0. The number of carbonyl (C=O) groups excluding carboxylic acids is 1. The van der Waals surface area contributed by atoms with Gasteiger partial charge in [-0.15, -0.1) is 0 Å². The van der Waals surface area contributed by atoms with E-state index in [0.29, 0.717) is 5.69 Å². The Hall–Kier alpha value is -2.14. The molecule has 3 aliphatic rings. The van der Waals surface area contributed by atoms with E-state index < -0.39 is 0 Å². The molecular formula is C19H23N3O2. The van der Waals surface area contributed by atoms with Crippen molar-refractivity contribution >= 4 is 16.7 Å². The third kappa shape index (κ3) is 2.96. The van der Waals surface area contributed by atoms with Crippen molar-refractivity contribution in [3.8, 4) is 5.75 Å². The quantitative estimate of drug-likeness (QED) is 0.942. The molecule has 1 atom stereocenters. The average molecular weight is 325 g/mol. The number of rotatable bonds is 3. The lowest BCUT2D eigenvalue weighted by molar-refractivity contribution is 0.0924. The van der Waals surface area contributed by atoms with Gasteiger partial charge in [0.25, 0.3) is 5.91 Å². The van der Waals surface area contributed by atoms with E-state index >= 15 is 0 Å². The summed E-state index contributed by atoms with van der Waals surface area (Å²) >= 11 is 0. The van der Waals surface area contributed by atoms with Crippen molar-refractivity contribution in [1.82, 2.24) is 15.2 Å². The van der Waals surface area contributed by atoms with Crippen molar-refractivity contribution in [2.45, 2.75) is 25.3 Å². The number of ether oxygens (including phenoxy) is 1. The van der Waals surface area contributed by atoms with E-state index in [2.05, 4.69) is 15.2 Å². The highest BCUT2D eigenvalue weighted by atomic mass is 16.5. The van der Waals surface area contributed by atoms with Gasteiger partial charge in [-0.2, -0.15) is 0 Å². The first-order valence-electron chi connectivity index (χ1n) is 8.69. The van der Waals surface area contributed by atoms with Crippen LogP contribution >= 0.6 is 0 Å². The van der Waals surface area contributed by atoms with Crippen LogP contribution in [0, 0.1) is 5.92 Å². The Morgan fingerprint density at radius 2 is 2.17 bits per heavy atom. The third-order valence-electron chi connectivity index (χ3n) is 5.31. The highest BCUT2D eigenvalue weighted by molar-refractivity contribution is 5.98. The predicted molar refractivity (Wildman–Crippen MR) is 93.3 cm³/mol. The van der Waals surface area contributed by atoms with E-state index in [9.17, 15) is 4.79 Å². The molecule has 3 saturated heterocycles. The number of fused-ring (bicyclic) bond motifs is 5. The Labute approximate surface area is 142 Å². The molecule has 1 amide bonds. The van der Waals surface area contributed by atoms with Crippen LogP contribution in [0.2, 0.25) is 0 Å². The Morgan fingerprint density at radius 1 is 1.33 bits per heavy atom. The van der Waals surface area contributed by atoms with Crippen molar-refractivity contribution < 1.29 is 9.53 Å². The number of methoxy groups -OCH3 is 1. The van der Waals surface area contributed by atoms with Crippen molar-refractivity contribution in [3.05, 3.63) is 36.2 Å². The summed E-state index contributed by atoms with van der Waals surface area (Å²) in [4.78, 5) is 19.5. The predicted octanol–water partition coefficient (Wildman–Crippen LogP) is 2.46. The second kappa shape index (κ2) is 6.40. The average Bonchev–Trinajstić information content (AvgIpc) is 2.93. The smallest absolute Gasteiger partial charge is 0.270 e. The van der Waals surface area contributed by atoms with Gasteiger partial charge in [-0.25, -0.2) is 0 Å². The minimum absolute atomic E-state index is 0.0877. The Morgan fingerprint density at radius 3 is 2.96 bits per heavy atom. The molecule has 5 heteroatoms. The lowest BCUT2D eigenvalue weighted by Gasteiger charge is -2.26. The summed E-state index contributed by atoms with van der Waals surface area (Å²) in [6, 6.07) is 7.86. The summed E-state index contributed by atoms with van der Waals surface area (Å²) in [5.74, 6) is 1.43. The fourth-order valence-corrected chi connectivity index (χ4v) is 4.00. The molecule has 3 fully saturated rings. The third-order valence-corrected chi connectivity index (χ3v) is 5.31. The second-order valence-electron chi connectivity index (χ2n) is 6.90. The minimum atomic E-state index is -0.0877. The van der Waals surface area contributed by atoms with E-state index in [1.54, 1.807) is 13.3 Å². The van der Waals surface area contributed by atoms with Crippen LogP contribution in [-0.2, 0) is 0 Å². The number of aromatic nitrogens is 1. The molecule has 1 aromatic carbocycles. The summed E-state index contributed by atoms with van der Waals surface area (Å²) < 4.78 is 5.40. The molecule has 5 rings (SSSR count). The van der Waals surface area contributed by atoms with E-state index in [-0.39, 0.29) is 11.9 Å². The zero-order valence-electron chi connectivity index (χ0n) is 14.0. The molecule has 24 heavy (non-hydrogen) atoms. The highest BCUT2D eigenvalue weighted by Crippen LogP contribution is 2.27. The Balaban J connectivity index is 1.55. The standard InChI is InChI=1S/C19H23N3O2/c1-24-18-4-2-3-14-11-20-17(10-16(14)18)19(23)21-15-9-13-5-7-22(12-15)8-6-13/h2-4,10-11,13,15H,5-9,12H2,1H3,(H,21,23). The van der Waals surface area contributed by atoms with E-state index in [1.807, 2.05) is 24.3 Å². The van der Waals surface area contributed by atoms with Crippen LogP contribution in [0.4, 0.5) is 0 Å². The Kier molecular flexibility index (Phi) is 4.10. The van der Waals surface area contributed by atoms with Gasteiger partial charge >= 0.3 is 0 Å². The van der Waals surface area contributed by atoms with Crippen LogP contribution in [0.3, 0.4) is 0 Å². The number of carbonyl (C=O) groups is 1. The van der Waals surface area contributed by atoms with E-state index in [0.717, 1.165) is 35.4 Å². The Bertz CT molecular complexity index is 739. The molecule has 4 heterocycles. The maximum Gasteiger partial charge on any atom is 0.270 e. The molecule has 126 valence electrons. The van der Waals surface area contributed by atoms with Crippen molar-refractivity contribution in [2.75, 3.05) is 26.7 Å². The van der Waals surface area contributed by atoms with Gasteiger partial charge < -0.3 is 15.0 Å². The van der Waals surface area contributed by atoms with Gasteiger partial charge in [-0.3, -0.25) is 9.78 Å².